The summed E-state index contributed by atoms with van der Waals surface area (Å²) in [4.78, 5) is 9.53. The van der Waals surface area contributed by atoms with Crippen LogP contribution in [0.4, 0.5) is 0 Å². The number of hydrogen-bond acceptors (Lipinski definition) is 2. The van der Waals surface area contributed by atoms with Crippen molar-refractivity contribution < 1.29 is 0 Å². The van der Waals surface area contributed by atoms with Gasteiger partial charge in [0.15, 0.2) is 5.82 Å². The van der Waals surface area contributed by atoms with Gasteiger partial charge >= 0.3 is 0 Å². The minimum Gasteiger partial charge on any atom is -0.236 e. The number of nitrogens with zero attached hydrogens (tertiary/aromatic N) is 2. The SMILES string of the molecule is Cc1ccc2c(-c3ccc4ccccc4c3)c3cc(-c4cnc(-c5ccccc5)nc4)ccc3c(-c3ccc4ccccc4c3)c2c1. The molecule has 0 aliphatic rings. The van der Waals surface area contributed by atoms with Crippen LogP contribution in [-0.2, 0) is 0 Å². The van der Waals surface area contributed by atoms with E-state index in [1.165, 1.54) is 70.9 Å². The molecule has 0 amide bonds. The first-order valence-electron chi connectivity index (χ1n) is 16.1. The van der Waals surface area contributed by atoms with Crippen LogP contribution in [0.1, 0.15) is 5.56 Å². The Morgan fingerprint density at radius 3 is 1.47 bits per heavy atom. The standard InChI is InChI=1S/C45H30N2/c1-29-15-21-39-41(23-29)43(36-18-16-30-9-5-7-13-33(30)24-36)40-22-20-35(38-27-46-45(47-28-38)32-11-3-2-4-12-32)26-42(40)44(39)37-19-17-31-10-6-8-14-34(31)25-37/h2-28H,1H3. The Balaban J connectivity index is 1.34. The molecular weight excluding hydrogens is 569 g/mol. The topological polar surface area (TPSA) is 25.8 Å². The van der Waals surface area contributed by atoms with E-state index in [4.69, 9.17) is 9.97 Å². The van der Waals surface area contributed by atoms with E-state index in [2.05, 4.69) is 128 Å². The zero-order valence-electron chi connectivity index (χ0n) is 26.0. The minimum absolute atomic E-state index is 0.729. The predicted molar refractivity (Wildman–Crippen MR) is 199 cm³/mol. The van der Waals surface area contributed by atoms with E-state index >= 15 is 0 Å². The largest absolute Gasteiger partial charge is 0.236 e. The smallest absolute Gasteiger partial charge is 0.159 e. The summed E-state index contributed by atoms with van der Waals surface area (Å²) in [5, 5.41) is 9.91. The number of hydrogen-bond donors (Lipinski definition) is 0. The van der Waals surface area contributed by atoms with E-state index in [9.17, 15) is 0 Å². The summed E-state index contributed by atoms with van der Waals surface area (Å²) in [7, 11) is 0. The molecule has 8 aromatic carbocycles. The van der Waals surface area contributed by atoms with Crippen molar-refractivity contribution in [3.8, 4) is 44.8 Å². The fraction of sp³-hybridized carbons (Fsp3) is 0.0222. The second kappa shape index (κ2) is 11.0. The van der Waals surface area contributed by atoms with Crippen LogP contribution in [0.2, 0.25) is 0 Å². The second-order valence-electron chi connectivity index (χ2n) is 12.3. The highest BCUT2D eigenvalue weighted by Gasteiger charge is 2.19. The average molecular weight is 599 g/mol. The zero-order valence-corrected chi connectivity index (χ0v) is 26.0. The van der Waals surface area contributed by atoms with Gasteiger partial charge in [0, 0.05) is 23.5 Å². The lowest BCUT2D eigenvalue weighted by molar-refractivity contribution is 1.18. The van der Waals surface area contributed by atoms with E-state index < -0.39 is 0 Å². The van der Waals surface area contributed by atoms with Crippen LogP contribution >= 0.6 is 0 Å². The monoisotopic (exact) mass is 598 g/mol. The van der Waals surface area contributed by atoms with Gasteiger partial charge < -0.3 is 0 Å². The van der Waals surface area contributed by atoms with Gasteiger partial charge in [0.1, 0.15) is 0 Å². The van der Waals surface area contributed by atoms with Gasteiger partial charge in [-0.2, -0.15) is 0 Å². The summed E-state index contributed by atoms with van der Waals surface area (Å²) in [6.45, 7) is 2.19. The van der Waals surface area contributed by atoms with Crippen LogP contribution < -0.4 is 0 Å². The molecule has 0 atom stereocenters. The molecule has 9 aromatic rings. The lowest BCUT2D eigenvalue weighted by atomic mass is 9.84. The van der Waals surface area contributed by atoms with Crippen molar-refractivity contribution in [1.82, 2.24) is 9.97 Å². The molecule has 0 bridgehead atoms. The minimum atomic E-state index is 0.729. The van der Waals surface area contributed by atoms with E-state index in [0.29, 0.717) is 0 Å². The fourth-order valence-corrected chi connectivity index (χ4v) is 7.05. The van der Waals surface area contributed by atoms with Crippen molar-refractivity contribution in [2.45, 2.75) is 6.92 Å². The third kappa shape index (κ3) is 4.74. The van der Waals surface area contributed by atoms with Crippen LogP contribution in [0, 0.1) is 6.92 Å². The second-order valence-corrected chi connectivity index (χ2v) is 12.3. The van der Waals surface area contributed by atoms with Gasteiger partial charge in [-0.15, -0.1) is 0 Å². The van der Waals surface area contributed by atoms with Gasteiger partial charge in [-0.05, 0) is 96.0 Å². The van der Waals surface area contributed by atoms with Gasteiger partial charge in [-0.1, -0.05) is 139 Å². The van der Waals surface area contributed by atoms with Gasteiger partial charge in [-0.25, -0.2) is 9.97 Å². The summed E-state index contributed by atoms with van der Waals surface area (Å²) >= 11 is 0. The highest BCUT2D eigenvalue weighted by molar-refractivity contribution is 6.22. The Kier molecular flexibility index (Phi) is 6.39. The quantitative estimate of drug-likeness (QED) is 0.188. The van der Waals surface area contributed by atoms with Gasteiger partial charge in [0.25, 0.3) is 0 Å². The van der Waals surface area contributed by atoms with Crippen LogP contribution in [0.15, 0.2) is 164 Å². The summed E-state index contributed by atoms with van der Waals surface area (Å²) in [5.74, 6) is 0.729. The highest BCUT2D eigenvalue weighted by Crippen LogP contribution is 2.46. The molecule has 0 saturated heterocycles. The summed E-state index contributed by atoms with van der Waals surface area (Å²) in [5.41, 5.74) is 9.28. The summed E-state index contributed by atoms with van der Waals surface area (Å²) in [6, 6.07) is 54.8. The summed E-state index contributed by atoms with van der Waals surface area (Å²) in [6.07, 6.45) is 3.89. The Labute approximate surface area is 273 Å². The van der Waals surface area contributed by atoms with Gasteiger partial charge in [0.05, 0.1) is 0 Å². The molecule has 2 heteroatoms. The first-order chi connectivity index (χ1) is 23.2. The molecule has 47 heavy (non-hydrogen) atoms. The van der Waals surface area contributed by atoms with Crippen LogP contribution in [-0.4, -0.2) is 9.97 Å². The van der Waals surface area contributed by atoms with Crippen LogP contribution in [0.3, 0.4) is 0 Å². The number of benzene rings is 8. The van der Waals surface area contributed by atoms with Crippen LogP contribution in [0.5, 0.6) is 0 Å². The number of aryl methyl sites for hydroxylation is 1. The number of aromatic nitrogens is 2. The van der Waals surface area contributed by atoms with E-state index in [1.54, 1.807) is 0 Å². The Hall–Kier alpha value is -6.12. The number of rotatable bonds is 4. The van der Waals surface area contributed by atoms with Crippen molar-refractivity contribution in [1.29, 1.82) is 0 Å². The highest BCUT2D eigenvalue weighted by atomic mass is 14.9. The molecule has 0 aliphatic carbocycles. The molecule has 0 aliphatic heterocycles. The van der Waals surface area contributed by atoms with Crippen molar-refractivity contribution in [3.63, 3.8) is 0 Å². The molecule has 1 heterocycles. The molecule has 0 N–H and O–H groups in total. The van der Waals surface area contributed by atoms with Gasteiger partial charge in [0.2, 0.25) is 0 Å². The maximum absolute atomic E-state index is 4.76. The molecule has 0 spiro atoms. The lowest BCUT2D eigenvalue weighted by Crippen LogP contribution is -1.93. The molecular formula is C45H30N2. The van der Waals surface area contributed by atoms with Crippen molar-refractivity contribution in [3.05, 3.63) is 170 Å². The van der Waals surface area contributed by atoms with E-state index in [0.717, 1.165) is 22.5 Å². The maximum Gasteiger partial charge on any atom is 0.159 e. The molecule has 0 unspecified atom stereocenters. The van der Waals surface area contributed by atoms with Gasteiger partial charge in [-0.3, -0.25) is 0 Å². The molecule has 2 nitrogen and oxygen atoms in total. The molecule has 1 aromatic heterocycles. The molecule has 0 fully saturated rings. The average Bonchev–Trinajstić information content (AvgIpc) is 3.13. The third-order valence-corrected chi connectivity index (χ3v) is 9.37. The third-order valence-electron chi connectivity index (χ3n) is 9.37. The first kappa shape index (κ1) is 27.2. The Morgan fingerprint density at radius 1 is 0.340 bits per heavy atom. The molecule has 9 rings (SSSR count). The van der Waals surface area contributed by atoms with E-state index in [1.807, 2.05) is 42.7 Å². The predicted octanol–water partition coefficient (Wildman–Crippen LogP) is 12.1. The van der Waals surface area contributed by atoms with E-state index in [-0.39, 0.29) is 0 Å². The fourth-order valence-electron chi connectivity index (χ4n) is 7.05. The van der Waals surface area contributed by atoms with Crippen molar-refractivity contribution in [2.24, 2.45) is 0 Å². The first-order valence-corrected chi connectivity index (χ1v) is 16.1. The Morgan fingerprint density at radius 2 is 0.851 bits per heavy atom. The van der Waals surface area contributed by atoms with Crippen molar-refractivity contribution in [2.75, 3.05) is 0 Å². The number of fused-ring (bicyclic) bond motifs is 4. The summed E-state index contributed by atoms with van der Waals surface area (Å²) < 4.78 is 0. The maximum atomic E-state index is 4.76. The lowest BCUT2D eigenvalue weighted by Gasteiger charge is -2.20. The molecule has 0 radical (unpaired) electrons. The van der Waals surface area contributed by atoms with Crippen LogP contribution in [0.25, 0.3) is 87.9 Å². The zero-order chi connectivity index (χ0) is 31.3. The molecule has 0 saturated carbocycles. The molecule has 220 valence electrons. The Bertz CT molecular complexity index is 2620. The van der Waals surface area contributed by atoms with Crippen molar-refractivity contribution >= 4 is 43.1 Å². The normalized spacial score (nSPS) is 11.5.